The number of hydrogen-bond acceptors (Lipinski definition) is 5. The van der Waals surface area contributed by atoms with Crippen molar-refractivity contribution in [3.8, 4) is 11.3 Å². The fourth-order valence-corrected chi connectivity index (χ4v) is 4.77. The summed E-state index contributed by atoms with van der Waals surface area (Å²) >= 11 is 1.40. The van der Waals surface area contributed by atoms with Gasteiger partial charge in [-0.2, -0.15) is 0 Å². The molecule has 0 radical (unpaired) electrons. The average molecular weight is 435 g/mol. The van der Waals surface area contributed by atoms with Gasteiger partial charge in [-0.05, 0) is 25.3 Å². The molecule has 0 aliphatic heterocycles. The van der Waals surface area contributed by atoms with Gasteiger partial charge in [-0.1, -0.05) is 73.5 Å². The van der Waals surface area contributed by atoms with Gasteiger partial charge in [0.1, 0.15) is 6.10 Å². The third kappa shape index (κ3) is 5.20. The zero-order valence-electron chi connectivity index (χ0n) is 17.5. The lowest BCUT2D eigenvalue weighted by Crippen LogP contribution is -2.37. The van der Waals surface area contributed by atoms with E-state index in [2.05, 4.69) is 10.3 Å². The van der Waals surface area contributed by atoms with Crippen LogP contribution in [-0.2, 0) is 14.3 Å². The first-order chi connectivity index (χ1) is 15.1. The van der Waals surface area contributed by atoms with E-state index in [0.29, 0.717) is 18.0 Å². The largest absolute Gasteiger partial charge is 0.458 e. The van der Waals surface area contributed by atoms with Crippen molar-refractivity contribution in [2.75, 3.05) is 5.32 Å². The molecule has 3 atom stereocenters. The topological polar surface area (TPSA) is 68.3 Å². The number of amides is 1. The number of esters is 1. The molecule has 2 aromatic carbocycles. The summed E-state index contributed by atoms with van der Waals surface area (Å²) in [7, 11) is 0. The zero-order chi connectivity index (χ0) is 21.6. The monoisotopic (exact) mass is 434 g/mol. The molecular formula is C25H26N2O3S. The fourth-order valence-electron chi connectivity index (χ4n) is 4.05. The molecule has 3 unspecified atom stereocenters. The molecule has 0 bridgehead atoms. The van der Waals surface area contributed by atoms with Crippen LogP contribution in [0.2, 0.25) is 0 Å². The van der Waals surface area contributed by atoms with E-state index in [1.165, 1.54) is 11.3 Å². The first-order valence-electron chi connectivity index (χ1n) is 10.7. The summed E-state index contributed by atoms with van der Waals surface area (Å²) in [5, 5.41) is 5.42. The molecule has 31 heavy (non-hydrogen) atoms. The first kappa shape index (κ1) is 21.2. The van der Waals surface area contributed by atoms with E-state index in [-0.39, 0.29) is 18.0 Å². The Balaban J connectivity index is 1.41. The summed E-state index contributed by atoms with van der Waals surface area (Å²) < 4.78 is 5.74. The van der Waals surface area contributed by atoms with E-state index in [0.717, 1.165) is 29.7 Å². The highest BCUT2D eigenvalue weighted by molar-refractivity contribution is 7.14. The SMILES string of the molecule is CC(OC(=O)C1CCCCC1C(=O)Nc1nc(-c2ccccc2)cs1)c1ccccc1. The summed E-state index contributed by atoms with van der Waals surface area (Å²) in [5.41, 5.74) is 2.79. The molecule has 1 aliphatic rings. The molecule has 1 heterocycles. The van der Waals surface area contributed by atoms with Crippen LogP contribution < -0.4 is 5.32 Å². The molecule has 6 heteroatoms. The van der Waals surface area contributed by atoms with Crippen LogP contribution in [0.4, 0.5) is 5.13 Å². The lowest BCUT2D eigenvalue weighted by molar-refractivity contribution is -0.158. The number of nitrogens with one attached hydrogen (secondary N) is 1. The molecule has 1 saturated carbocycles. The van der Waals surface area contributed by atoms with E-state index in [4.69, 9.17) is 4.74 Å². The molecule has 3 aromatic rings. The quantitative estimate of drug-likeness (QED) is 0.494. The van der Waals surface area contributed by atoms with E-state index >= 15 is 0 Å². The van der Waals surface area contributed by atoms with Crippen LogP contribution in [-0.4, -0.2) is 16.9 Å². The maximum Gasteiger partial charge on any atom is 0.310 e. The van der Waals surface area contributed by atoms with Crippen molar-refractivity contribution in [2.45, 2.75) is 38.7 Å². The summed E-state index contributed by atoms with van der Waals surface area (Å²) in [6.07, 6.45) is 2.88. The number of benzene rings is 2. The van der Waals surface area contributed by atoms with Gasteiger partial charge in [0.15, 0.2) is 5.13 Å². The number of rotatable bonds is 6. The van der Waals surface area contributed by atoms with Gasteiger partial charge in [-0.15, -0.1) is 11.3 Å². The van der Waals surface area contributed by atoms with Crippen molar-refractivity contribution in [3.63, 3.8) is 0 Å². The minimum Gasteiger partial charge on any atom is -0.458 e. The van der Waals surface area contributed by atoms with Crippen LogP contribution in [0.5, 0.6) is 0 Å². The van der Waals surface area contributed by atoms with Gasteiger partial charge in [-0.3, -0.25) is 9.59 Å². The third-order valence-electron chi connectivity index (χ3n) is 5.77. The number of carbonyl (C=O) groups is 2. The van der Waals surface area contributed by atoms with Gasteiger partial charge in [-0.25, -0.2) is 4.98 Å². The number of nitrogens with zero attached hydrogens (tertiary/aromatic N) is 1. The van der Waals surface area contributed by atoms with Crippen LogP contribution in [0.25, 0.3) is 11.3 Å². The van der Waals surface area contributed by atoms with Crippen molar-refractivity contribution >= 4 is 28.3 Å². The predicted octanol–water partition coefficient (Wildman–Crippen LogP) is 5.86. The van der Waals surface area contributed by atoms with Crippen LogP contribution in [0, 0.1) is 11.8 Å². The second-order valence-electron chi connectivity index (χ2n) is 7.88. The van der Waals surface area contributed by atoms with Crippen LogP contribution >= 0.6 is 11.3 Å². The Hall–Kier alpha value is -2.99. The van der Waals surface area contributed by atoms with Gasteiger partial charge in [0.2, 0.25) is 5.91 Å². The van der Waals surface area contributed by atoms with Crippen molar-refractivity contribution in [1.82, 2.24) is 4.98 Å². The molecule has 1 aromatic heterocycles. The number of aromatic nitrogens is 1. The summed E-state index contributed by atoms with van der Waals surface area (Å²) in [4.78, 5) is 30.5. The van der Waals surface area contributed by atoms with E-state index in [9.17, 15) is 9.59 Å². The predicted molar refractivity (Wildman–Crippen MR) is 123 cm³/mol. The van der Waals surface area contributed by atoms with Gasteiger partial charge in [0, 0.05) is 10.9 Å². The Labute approximate surface area is 186 Å². The highest BCUT2D eigenvalue weighted by Crippen LogP contribution is 2.34. The molecular weight excluding hydrogens is 408 g/mol. The number of carbonyl (C=O) groups excluding carboxylic acids is 2. The number of thiazole rings is 1. The van der Waals surface area contributed by atoms with Gasteiger partial charge in [0.25, 0.3) is 0 Å². The first-order valence-corrected chi connectivity index (χ1v) is 11.6. The third-order valence-corrected chi connectivity index (χ3v) is 6.53. The van der Waals surface area contributed by atoms with Crippen LogP contribution in [0.15, 0.2) is 66.0 Å². The lowest BCUT2D eigenvalue weighted by atomic mass is 9.78. The molecule has 1 N–H and O–H groups in total. The summed E-state index contributed by atoms with van der Waals surface area (Å²) in [6.45, 7) is 1.87. The summed E-state index contributed by atoms with van der Waals surface area (Å²) in [6, 6.07) is 19.5. The molecule has 1 aliphatic carbocycles. The molecule has 0 saturated heterocycles. The average Bonchev–Trinajstić information content (AvgIpc) is 3.28. The second-order valence-corrected chi connectivity index (χ2v) is 8.74. The molecule has 1 fully saturated rings. The second kappa shape index (κ2) is 9.88. The standard InChI is InChI=1S/C25H26N2O3S/c1-17(18-10-4-2-5-11-18)30-24(29)21-15-9-8-14-20(21)23(28)27-25-26-22(16-31-25)19-12-6-3-7-13-19/h2-7,10-13,16-17,20-21H,8-9,14-15H2,1H3,(H,26,27,28). The van der Waals surface area contributed by atoms with Crippen LogP contribution in [0.3, 0.4) is 0 Å². The molecule has 4 rings (SSSR count). The number of anilines is 1. The molecule has 160 valence electrons. The van der Waals surface area contributed by atoms with Crippen molar-refractivity contribution < 1.29 is 14.3 Å². The van der Waals surface area contributed by atoms with Gasteiger partial charge >= 0.3 is 5.97 Å². The minimum absolute atomic E-state index is 0.150. The minimum atomic E-state index is -0.423. The highest BCUT2D eigenvalue weighted by Gasteiger charge is 2.37. The maximum atomic E-state index is 13.0. The van der Waals surface area contributed by atoms with Crippen molar-refractivity contribution in [3.05, 3.63) is 71.6 Å². The van der Waals surface area contributed by atoms with Crippen molar-refractivity contribution in [1.29, 1.82) is 0 Å². The van der Waals surface area contributed by atoms with Gasteiger partial charge < -0.3 is 10.1 Å². The summed E-state index contributed by atoms with van der Waals surface area (Å²) in [5.74, 6) is -1.26. The maximum absolute atomic E-state index is 13.0. The fraction of sp³-hybridized carbons (Fsp3) is 0.320. The zero-order valence-corrected chi connectivity index (χ0v) is 18.3. The highest BCUT2D eigenvalue weighted by atomic mass is 32.1. The Morgan fingerprint density at radius 1 is 1.00 bits per heavy atom. The Morgan fingerprint density at radius 3 is 2.35 bits per heavy atom. The Kier molecular flexibility index (Phi) is 6.77. The van der Waals surface area contributed by atoms with Crippen molar-refractivity contribution in [2.24, 2.45) is 11.8 Å². The molecule has 1 amide bonds. The normalized spacial score (nSPS) is 19.4. The van der Waals surface area contributed by atoms with E-state index < -0.39 is 11.8 Å². The lowest BCUT2D eigenvalue weighted by Gasteiger charge is -2.29. The van der Waals surface area contributed by atoms with E-state index in [1.54, 1.807) is 0 Å². The molecule has 5 nitrogen and oxygen atoms in total. The Morgan fingerprint density at radius 2 is 1.65 bits per heavy atom. The van der Waals surface area contributed by atoms with E-state index in [1.807, 2.05) is 73.0 Å². The Bertz CT molecular complexity index is 1020. The van der Waals surface area contributed by atoms with Gasteiger partial charge in [0.05, 0.1) is 17.5 Å². The smallest absolute Gasteiger partial charge is 0.310 e. The number of ether oxygens (including phenoxy) is 1. The number of hydrogen-bond donors (Lipinski definition) is 1. The molecule has 0 spiro atoms. The van der Waals surface area contributed by atoms with Crippen LogP contribution in [0.1, 0.15) is 44.3 Å².